The molecule has 1 N–H and O–H groups in total. The number of halogens is 2. The number of esters is 1. The first kappa shape index (κ1) is 22.8. The number of carbonyl (C=O) groups is 2. The maximum Gasteiger partial charge on any atom is 0.343 e. The predicted molar refractivity (Wildman–Crippen MR) is 114 cm³/mol. The van der Waals surface area contributed by atoms with E-state index in [0.717, 1.165) is 0 Å². The van der Waals surface area contributed by atoms with Crippen LogP contribution in [0.1, 0.15) is 11.1 Å². The van der Waals surface area contributed by atoms with Gasteiger partial charge in [-0.25, -0.2) is 9.18 Å². The van der Waals surface area contributed by atoms with Crippen LogP contribution < -0.4 is 10.1 Å². The average Bonchev–Trinajstić information content (AvgIpc) is 2.72. The van der Waals surface area contributed by atoms with E-state index in [1.165, 1.54) is 31.4 Å². The number of nitrogens with zero attached hydrogens (tertiary/aromatic N) is 1. The summed E-state index contributed by atoms with van der Waals surface area (Å²) in [5.41, 5.74) is 0.979. The topological polar surface area (TPSA) is 88.4 Å². The molecule has 0 atom stereocenters. The Morgan fingerprint density at radius 3 is 2.70 bits per heavy atom. The summed E-state index contributed by atoms with van der Waals surface area (Å²) in [7, 11) is 1.26. The number of rotatable bonds is 8. The fourth-order valence-corrected chi connectivity index (χ4v) is 3.12. The average molecular weight is 473 g/mol. The van der Waals surface area contributed by atoms with Gasteiger partial charge in [0.25, 0.3) is 5.91 Å². The largest absolute Gasteiger partial charge is 0.480 e. The van der Waals surface area contributed by atoms with Crippen LogP contribution in [0.25, 0.3) is 6.08 Å². The van der Waals surface area contributed by atoms with Gasteiger partial charge in [0.15, 0.2) is 6.61 Å². The van der Waals surface area contributed by atoms with Gasteiger partial charge in [0.2, 0.25) is 0 Å². The van der Waals surface area contributed by atoms with E-state index in [1.807, 2.05) is 6.07 Å². The lowest BCUT2D eigenvalue weighted by Crippen LogP contribution is -2.14. The van der Waals surface area contributed by atoms with Crippen molar-refractivity contribution in [3.05, 3.63) is 76.0 Å². The van der Waals surface area contributed by atoms with Crippen LogP contribution in [0, 0.1) is 17.1 Å². The van der Waals surface area contributed by atoms with E-state index in [4.69, 9.17) is 4.74 Å². The molecule has 2 rings (SSSR count). The van der Waals surface area contributed by atoms with Crippen molar-refractivity contribution in [1.82, 2.24) is 0 Å². The summed E-state index contributed by atoms with van der Waals surface area (Å²) in [5, 5.41) is 11.8. The highest BCUT2D eigenvalue weighted by Crippen LogP contribution is 2.32. The lowest BCUT2D eigenvalue weighted by molar-refractivity contribution is -0.142. The molecule has 30 heavy (non-hydrogen) atoms. The van der Waals surface area contributed by atoms with Crippen LogP contribution >= 0.6 is 15.9 Å². The maximum atomic E-state index is 13.8. The van der Waals surface area contributed by atoms with Gasteiger partial charge in [0.05, 0.1) is 17.3 Å². The first-order chi connectivity index (χ1) is 14.4. The number of carbonyl (C=O) groups excluding carboxylic acids is 2. The van der Waals surface area contributed by atoms with Crippen molar-refractivity contribution in [2.45, 2.75) is 6.42 Å². The van der Waals surface area contributed by atoms with Gasteiger partial charge in [-0.15, -0.1) is 6.58 Å². The molecule has 2 aromatic rings. The summed E-state index contributed by atoms with van der Waals surface area (Å²) in [6.07, 6.45) is 3.44. The Hall–Kier alpha value is -3.44. The van der Waals surface area contributed by atoms with E-state index in [1.54, 1.807) is 24.3 Å². The van der Waals surface area contributed by atoms with Crippen LogP contribution in [0.15, 0.2) is 59.1 Å². The molecule has 6 nitrogen and oxygen atoms in total. The Bertz CT molecular complexity index is 1040. The van der Waals surface area contributed by atoms with E-state index < -0.39 is 17.7 Å². The number of nitrogens with one attached hydrogen (secondary N) is 1. The van der Waals surface area contributed by atoms with Gasteiger partial charge >= 0.3 is 5.97 Å². The third-order valence-corrected chi connectivity index (χ3v) is 4.46. The summed E-state index contributed by atoms with van der Waals surface area (Å²) in [6, 6.07) is 10.8. The zero-order chi connectivity index (χ0) is 22.1. The Kier molecular flexibility index (Phi) is 8.32. The van der Waals surface area contributed by atoms with Crippen molar-refractivity contribution < 1.29 is 23.5 Å². The normalized spacial score (nSPS) is 10.7. The molecule has 0 spiro atoms. The van der Waals surface area contributed by atoms with Crippen molar-refractivity contribution in [1.29, 1.82) is 5.26 Å². The van der Waals surface area contributed by atoms with Gasteiger partial charge in [-0.05, 0) is 63.8 Å². The molecule has 2 aromatic carbocycles. The molecule has 154 valence electrons. The van der Waals surface area contributed by atoms with Crippen molar-refractivity contribution in [2.24, 2.45) is 0 Å². The quantitative estimate of drug-likeness (QED) is 0.266. The molecular formula is C22H18BrFN2O4. The molecule has 0 saturated carbocycles. The van der Waals surface area contributed by atoms with Gasteiger partial charge in [0, 0.05) is 0 Å². The number of hydrogen-bond donors (Lipinski definition) is 1. The van der Waals surface area contributed by atoms with Crippen molar-refractivity contribution in [3.63, 3.8) is 0 Å². The lowest BCUT2D eigenvalue weighted by atomic mass is 10.0. The number of ether oxygens (including phenoxy) is 2. The Labute approximate surface area is 181 Å². The van der Waals surface area contributed by atoms with Crippen LogP contribution in [-0.4, -0.2) is 25.6 Å². The van der Waals surface area contributed by atoms with Crippen LogP contribution in [0.2, 0.25) is 0 Å². The monoisotopic (exact) mass is 472 g/mol. The van der Waals surface area contributed by atoms with Gasteiger partial charge in [-0.3, -0.25) is 4.79 Å². The number of hydrogen-bond acceptors (Lipinski definition) is 5. The summed E-state index contributed by atoms with van der Waals surface area (Å²) >= 11 is 3.38. The van der Waals surface area contributed by atoms with Gasteiger partial charge < -0.3 is 14.8 Å². The van der Waals surface area contributed by atoms with E-state index in [2.05, 4.69) is 32.6 Å². The molecule has 0 saturated heterocycles. The second-order valence-electron chi connectivity index (χ2n) is 5.95. The van der Waals surface area contributed by atoms with Crippen molar-refractivity contribution in [3.8, 4) is 11.8 Å². The van der Waals surface area contributed by atoms with E-state index in [-0.39, 0.29) is 17.9 Å². The van der Waals surface area contributed by atoms with Crippen molar-refractivity contribution >= 4 is 39.6 Å². The van der Waals surface area contributed by atoms with E-state index >= 15 is 0 Å². The molecule has 8 heteroatoms. The van der Waals surface area contributed by atoms with Crippen LogP contribution in [0.4, 0.5) is 10.1 Å². The molecule has 0 bridgehead atoms. The first-order valence-electron chi connectivity index (χ1n) is 8.70. The highest BCUT2D eigenvalue weighted by atomic mass is 79.9. The lowest BCUT2D eigenvalue weighted by Gasteiger charge is -2.13. The Morgan fingerprint density at radius 1 is 1.33 bits per heavy atom. The minimum atomic E-state index is -0.741. The third-order valence-electron chi connectivity index (χ3n) is 3.87. The molecule has 0 heterocycles. The molecule has 0 aliphatic carbocycles. The predicted octanol–water partition coefficient (Wildman–Crippen LogP) is 4.41. The zero-order valence-corrected chi connectivity index (χ0v) is 17.7. The second kappa shape index (κ2) is 10.9. The van der Waals surface area contributed by atoms with Gasteiger partial charge in [0.1, 0.15) is 23.2 Å². The molecule has 0 aromatic heterocycles. The molecule has 0 unspecified atom stereocenters. The number of anilines is 1. The molecular weight excluding hydrogens is 455 g/mol. The maximum absolute atomic E-state index is 13.8. The second-order valence-corrected chi connectivity index (χ2v) is 6.81. The number of para-hydroxylation sites is 1. The molecule has 0 fully saturated rings. The van der Waals surface area contributed by atoms with E-state index in [9.17, 15) is 19.2 Å². The van der Waals surface area contributed by atoms with Gasteiger partial charge in [-0.1, -0.05) is 18.2 Å². The summed E-state index contributed by atoms with van der Waals surface area (Å²) in [4.78, 5) is 23.8. The number of allylic oxidation sites excluding steroid dienone is 1. The standard InChI is InChI=1S/C22H18BrFN2O4/c1-3-6-15-9-14(11-17(23)21(15)30-13-20(27)29-2)10-16(12-25)22(28)26-19-8-5-4-7-18(19)24/h3-5,7-11H,1,6,13H2,2H3,(H,26,28)/b16-10-. The molecule has 0 radical (unpaired) electrons. The SMILES string of the molecule is C=CCc1cc(/C=C(/C#N)C(=O)Nc2ccccc2F)cc(Br)c1OCC(=O)OC. The van der Waals surface area contributed by atoms with Crippen LogP contribution in [-0.2, 0) is 20.7 Å². The number of benzene rings is 2. The minimum absolute atomic E-state index is 0.0243. The van der Waals surface area contributed by atoms with Crippen molar-refractivity contribution in [2.75, 3.05) is 19.0 Å². The number of amides is 1. The number of nitriles is 1. The summed E-state index contributed by atoms with van der Waals surface area (Å²) in [5.74, 6) is -1.46. The highest BCUT2D eigenvalue weighted by Gasteiger charge is 2.15. The highest BCUT2D eigenvalue weighted by molar-refractivity contribution is 9.10. The summed E-state index contributed by atoms with van der Waals surface area (Å²) in [6.45, 7) is 3.42. The van der Waals surface area contributed by atoms with Crippen LogP contribution in [0.5, 0.6) is 5.75 Å². The Balaban J connectivity index is 2.34. The van der Waals surface area contributed by atoms with E-state index in [0.29, 0.717) is 27.8 Å². The Morgan fingerprint density at radius 2 is 2.07 bits per heavy atom. The molecule has 0 aliphatic rings. The smallest absolute Gasteiger partial charge is 0.343 e. The number of methoxy groups -OCH3 is 1. The van der Waals surface area contributed by atoms with Crippen LogP contribution in [0.3, 0.4) is 0 Å². The molecule has 1 amide bonds. The summed E-state index contributed by atoms with van der Waals surface area (Å²) < 4.78 is 24.4. The fraction of sp³-hybridized carbons (Fsp3) is 0.136. The fourth-order valence-electron chi connectivity index (χ4n) is 2.48. The minimum Gasteiger partial charge on any atom is -0.480 e. The van der Waals surface area contributed by atoms with Gasteiger partial charge in [-0.2, -0.15) is 5.26 Å². The molecule has 0 aliphatic heterocycles. The first-order valence-corrected chi connectivity index (χ1v) is 9.49. The zero-order valence-electron chi connectivity index (χ0n) is 16.1. The third kappa shape index (κ3) is 6.03.